The van der Waals surface area contributed by atoms with E-state index in [9.17, 15) is 33.6 Å². The van der Waals surface area contributed by atoms with Crippen molar-refractivity contribution in [2.24, 2.45) is 35.5 Å². The Morgan fingerprint density at radius 3 is 1.31 bits per heavy atom. The Morgan fingerprint density at radius 2 is 0.938 bits per heavy atom. The predicted octanol–water partition coefficient (Wildman–Crippen LogP) is 3.85. The van der Waals surface area contributed by atoms with Crippen LogP contribution in [-0.2, 0) is 33.4 Å². The van der Waals surface area contributed by atoms with Crippen LogP contribution < -0.4 is 0 Å². The molecule has 2 aliphatic heterocycles. The minimum Gasteiger partial charge on any atom is -0.457 e. The number of nitrogens with zero attached hydrogens (tertiary/aromatic N) is 2. The van der Waals surface area contributed by atoms with E-state index in [2.05, 4.69) is 0 Å². The van der Waals surface area contributed by atoms with Crippen LogP contribution >= 0.6 is 0 Å². The first kappa shape index (κ1) is 33.2. The molecule has 0 N–H and O–H groups in total. The highest BCUT2D eigenvalue weighted by atomic mass is 16.5. The molecule has 4 fully saturated rings. The number of carbonyl (C=O) groups is 7. The first-order chi connectivity index (χ1) is 23.0. The van der Waals surface area contributed by atoms with Gasteiger partial charge < -0.3 is 9.47 Å². The van der Waals surface area contributed by atoms with Crippen LogP contribution in [0.25, 0.3) is 0 Å². The second-order valence-electron chi connectivity index (χ2n) is 13.6. The fraction of sp³-hybridized carbons (Fsp3) is 0.486. The van der Waals surface area contributed by atoms with Gasteiger partial charge in [-0.15, -0.1) is 0 Å². The van der Waals surface area contributed by atoms with Crippen molar-refractivity contribution in [3.05, 3.63) is 71.8 Å². The van der Waals surface area contributed by atoms with Crippen LogP contribution in [0.3, 0.4) is 0 Å². The number of fused-ring (bicyclic) bond motifs is 2. The molecule has 4 amide bonds. The van der Waals surface area contributed by atoms with E-state index in [0.29, 0.717) is 36.8 Å². The van der Waals surface area contributed by atoms with E-state index in [1.54, 1.807) is 74.5 Å². The number of imide groups is 2. The molecule has 2 aliphatic carbocycles. The maximum atomic E-state index is 13.8. The highest BCUT2D eigenvalue weighted by Crippen LogP contribution is 2.46. The van der Waals surface area contributed by atoms with Crippen molar-refractivity contribution in [1.82, 2.24) is 9.80 Å². The Labute approximate surface area is 278 Å². The van der Waals surface area contributed by atoms with Crippen LogP contribution in [0.4, 0.5) is 0 Å². The van der Waals surface area contributed by atoms with Gasteiger partial charge in [0, 0.05) is 11.8 Å². The Bertz CT molecular complexity index is 1490. The lowest BCUT2D eigenvalue weighted by atomic mass is 9.67. The molecule has 252 valence electrons. The lowest BCUT2D eigenvalue weighted by Crippen LogP contribution is -2.39. The molecule has 2 heterocycles. The van der Waals surface area contributed by atoms with Crippen LogP contribution in [0.15, 0.2) is 60.7 Å². The van der Waals surface area contributed by atoms with E-state index in [0.717, 1.165) is 0 Å². The van der Waals surface area contributed by atoms with E-state index in [4.69, 9.17) is 9.47 Å². The number of carbonyl (C=O) groups excluding carboxylic acids is 7. The average molecular weight is 657 g/mol. The molecule has 8 unspecified atom stereocenters. The topological polar surface area (TPSA) is 144 Å². The third kappa shape index (κ3) is 6.55. The van der Waals surface area contributed by atoms with Crippen LogP contribution in [0, 0.1) is 35.5 Å². The van der Waals surface area contributed by atoms with Gasteiger partial charge in [-0.3, -0.25) is 33.8 Å². The lowest BCUT2D eigenvalue weighted by Gasteiger charge is -2.33. The summed E-state index contributed by atoms with van der Waals surface area (Å²) in [5, 5.41) is 0. The molecular weight excluding hydrogens is 616 g/mol. The summed E-state index contributed by atoms with van der Waals surface area (Å²) in [5.74, 6) is -5.43. The zero-order chi connectivity index (χ0) is 34.1. The van der Waals surface area contributed by atoms with Gasteiger partial charge in [0.1, 0.15) is 18.0 Å². The first-order valence-electron chi connectivity index (χ1n) is 16.8. The second-order valence-corrected chi connectivity index (χ2v) is 13.6. The molecule has 11 heteroatoms. The predicted molar refractivity (Wildman–Crippen MR) is 170 cm³/mol. The van der Waals surface area contributed by atoms with E-state index >= 15 is 0 Å². The number of likely N-dealkylation sites (tertiary alicyclic amines) is 2. The van der Waals surface area contributed by atoms with Crippen molar-refractivity contribution in [3.8, 4) is 0 Å². The zero-order valence-electron chi connectivity index (χ0n) is 27.1. The third-order valence-corrected chi connectivity index (χ3v) is 10.4. The maximum absolute atomic E-state index is 13.8. The number of ether oxygens (including phenoxy) is 2. The highest BCUT2D eigenvalue weighted by Gasteiger charge is 2.54. The Kier molecular flexibility index (Phi) is 9.57. The summed E-state index contributed by atoms with van der Waals surface area (Å²) in [6.07, 6.45) is 0.867. The van der Waals surface area contributed by atoms with Gasteiger partial charge in [-0.1, -0.05) is 36.4 Å². The summed E-state index contributed by atoms with van der Waals surface area (Å²) in [7, 11) is 0. The molecule has 11 nitrogen and oxygen atoms in total. The van der Waals surface area contributed by atoms with Crippen molar-refractivity contribution >= 4 is 41.4 Å². The maximum Gasteiger partial charge on any atom is 0.338 e. The van der Waals surface area contributed by atoms with Gasteiger partial charge in [0.2, 0.25) is 23.6 Å². The van der Waals surface area contributed by atoms with Crippen molar-refractivity contribution < 1.29 is 43.0 Å². The zero-order valence-corrected chi connectivity index (χ0v) is 27.1. The quantitative estimate of drug-likeness (QED) is 0.275. The van der Waals surface area contributed by atoms with Crippen molar-refractivity contribution in [3.63, 3.8) is 0 Å². The highest BCUT2D eigenvalue weighted by molar-refractivity contribution is 6.06. The fourth-order valence-electron chi connectivity index (χ4n) is 7.94. The van der Waals surface area contributed by atoms with Gasteiger partial charge in [-0.2, -0.15) is 0 Å². The largest absolute Gasteiger partial charge is 0.457 e. The van der Waals surface area contributed by atoms with Crippen LogP contribution in [0.2, 0.25) is 0 Å². The smallest absolute Gasteiger partial charge is 0.338 e. The average Bonchev–Trinajstić information content (AvgIpc) is 3.47. The van der Waals surface area contributed by atoms with Crippen LogP contribution in [0.5, 0.6) is 0 Å². The molecule has 6 rings (SSSR count). The Hall–Kier alpha value is -4.67. The van der Waals surface area contributed by atoms with E-state index in [-0.39, 0.29) is 55.3 Å². The summed E-state index contributed by atoms with van der Waals surface area (Å²) in [6, 6.07) is 17.0. The summed E-state index contributed by atoms with van der Waals surface area (Å²) in [4.78, 5) is 94.4. The summed E-state index contributed by atoms with van der Waals surface area (Å²) < 4.78 is 11.0. The third-order valence-electron chi connectivity index (χ3n) is 10.4. The van der Waals surface area contributed by atoms with Crippen molar-refractivity contribution in [2.45, 2.75) is 64.6 Å². The second kappa shape index (κ2) is 13.8. The SMILES string of the molecule is CC(CN1C(=O)C2CCC(C(=O)C3CCC4C(=O)N(CC(C)OC(=O)c5ccccc5)C(=O)C4C3)CC2C1=O)OC(=O)c1ccccc1. The summed E-state index contributed by atoms with van der Waals surface area (Å²) in [5.41, 5.74) is 0.755. The molecule has 2 saturated carbocycles. The van der Waals surface area contributed by atoms with Gasteiger partial charge in [-0.25, -0.2) is 9.59 Å². The normalized spacial score (nSPS) is 28.0. The van der Waals surface area contributed by atoms with Gasteiger partial charge >= 0.3 is 11.9 Å². The molecule has 2 aromatic carbocycles. The lowest BCUT2D eigenvalue weighted by molar-refractivity contribution is -0.142. The molecule has 8 atom stereocenters. The Morgan fingerprint density at radius 1 is 0.583 bits per heavy atom. The number of rotatable bonds is 10. The number of amides is 4. The van der Waals surface area contributed by atoms with E-state index < -0.39 is 59.7 Å². The monoisotopic (exact) mass is 656 g/mol. The molecule has 0 radical (unpaired) electrons. The van der Waals surface area contributed by atoms with E-state index in [1.165, 1.54) is 9.80 Å². The molecule has 2 aromatic rings. The van der Waals surface area contributed by atoms with Gasteiger partial charge in [0.05, 0.1) is 47.9 Å². The van der Waals surface area contributed by atoms with Gasteiger partial charge in [0.25, 0.3) is 0 Å². The van der Waals surface area contributed by atoms with Crippen LogP contribution in [0.1, 0.15) is 73.1 Å². The fourth-order valence-corrected chi connectivity index (χ4v) is 7.94. The number of hydrogen-bond acceptors (Lipinski definition) is 9. The molecule has 0 spiro atoms. The van der Waals surface area contributed by atoms with E-state index in [1.807, 2.05) is 0 Å². The van der Waals surface area contributed by atoms with Crippen LogP contribution in [-0.4, -0.2) is 76.4 Å². The minimum atomic E-state index is -0.705. The number of ketones is 1. The molecule has 0 bridgehead atoms. The van der Waals surface area contributed by atoms with Crippen molar-refractivity contribution in [2.75, 3.05) is 13.1 Å². The first-order valence-corrected chi connectivity index (χ1v) is 16.8. The molecule has 48 heavy (non-hydrogen) atoms. The number of Topliss-reactive ketones (excluding diaryl/α,β-unsaturated/α-hetero) is 1. The van der Waals surface area contributed by atoms with Gasteiger partial charge in [-0.05, 0) is 76.6 Å². The molecule has 0 aromatic heterocycles. The van der Waals surface area contributed by atoms with Crippen molar-refractivity contribution in [1.29, 1.82) is 0 Å². The van der Waals surface area contributed by atoms with Gasteiger partial charge in [0.15, 0.2) is 0 Å². The summed E-state index contributed by atoms with van der Waals surface area (Å²) in [6.45, 7) is 3.18. The number of hydrogen-bond donors (Lipinski definition) is 0. The number of esters is 2. The minimum absolute atomic E-state index is 0.0142. The molecular formula is C37H40N2O9. The Balaban J connectivity index is 1.02. The standard InChI is InChI=1S/C37H40N2O9/c1-21(47-36(45)23-9-5-3-6-10-23)19-38-32(41)27-15-13-25(17-29(27)34(38)43)31(40)26-14-16-28-30(18-26)35(44)39(33(28)42)20-22(2)48-37(46)24-11-7-4-8-12-24/h3-12,21-22,25-30H,13-20H2,1-2H3. The number of benzene rings is 2. The molecule has 4 aliphatic rings. The molecule has 2 saturated heterocycles. The summed E-state index contributed by atoms with van der Waals surface area (Å²) >= 11 is 0.